The monoisotopic (exact) mass is 268 g/mol. The Bertz CT molecular complexity index is 449. The van der Waals surface area contributed by atoms with E-state index in [1.54, 1.807) is 51.2 Å². The molecule has 1 aromatic carbocycles. The Hall–Kier alpha value is -1.62. The van der Waals surface area contributed by atoms with Gasteiger partial charge in [0.05, 0.1) is 13.2 Å². The summed E-state index contributed by atoms with van der Waals surface area (Å²) >= 11 is 0. The number of nitrogens with zero attached hydrogens (tertiary/aromatic N) is 2. The number of amides is 1. The summed E-state index contributed by atoms with van der Waals surface area (Å²) in [5, 5.41) is 0. The first-order valence-corrected chi connectivity index (χ1v) is 6.11. The molecule has 0 saturated heterocycles. The Labute approximate surface area is 113 Å². The number of hydrogen-bond donors (Lipinski definition) is 0. The van der Waals surface area contributed by atoms with Gasteiger partial charge in [0.1, 0.15) is 0 Å². The molecule has 0 radical (unpaired) electrons. The van der Waals surface area contributed by atoms with Gasteiger partial charge in [0.15, 0.2) is 11.6 Å². The first-order valence-electron chi connectivity index (χ1n) is 6.11. The largest absolute Gasteiger partial charge is 0.494 e. The molecule has 0 fully saturated rings. The third-order valence-corrected chi connectivity index (χ3v) is 3.14. The number of halogens is 1. The Morgan fingerprint density at radius 2 is 2.00 bits per heavy atom. The van der Waals surface area contributed by atoms with Crippen molar-refractivity contribution < 1.29 is 13.9 Å². The third-order valence-electron chi connectivity index (χ3n) is 3.14. The lowest BCUT2D eigenvalue weighted by molar-refractivity contribution is -0.133. The lowest BCUT2D eigenvalue weighted by Gasteiger charge is -2.26. The number of hydrogen-bond acceptors (Lipinski definition) is 3. The Morgan fingerprint density at radius 1 is 1.37 bits per heavy atom. The van der Waals surface area contributed by atoms with Gasteiger partial charge >= 0.3 is 0 Å². The van der Waals surface area contributed by atoms with Crippen molar-refractivity contribution in [3.8, 4) is 5.75 Å². The van der Waals surface area contributed by atoms with Gasteiger partial charge in [0.2, 0.25) is 5.91 Å². The summed E-state index contributed by atoms with van der Waals surface area (Å²) in [6, 6.07) is 4.71. The number of benzene rings is 1. The van der Waals surface area contributed by atoms with Crippen LogP contribution >= 0.6 is 0 Å². The molecule has 106 valence electrons. The summed E-state index contributed by atoms with van der Waals surface area (Å²) < 4.78 is 19.0. The second kappa shape index (κ2) is 6.52. The zero-order chi connectivity index (χ0) is 14.6. The molecule has 0 aromatic heterocycles. The van der Waals surface area contributed by atoms with Crippen LogP contribution < -0.4 is 4.74 Å². The molecular weight excluding hydrogens is 247 g/mol. The first-order chi connectivity index (χ1) is 8.88. The van der Waals surface area contributed by atoms with Crippen molar-refractivity contribution >= 4 is 5.91 Å². The van der Waals surface area contributed by atoms with Crippen LogP contribution in [0.25, 0.3) is 0 Å². The molecule has 1 atom stereocenters. The van der Waals surface area contributed by atoms with Gasteiger partial charge < -0.3 is 9.64 Å². The van der Waals surface area contributed by atoms with E-state index in [9.17, 15) is 9.18 Å². The molecular formula is C14H21FN2O2. The van der Waals surface area contributed by atoms with Gasteiger partial charge in [-0.2, -0.15) is 0 Å². The summed E-state index contributed by atoms with van der Waals surface area (Å²) in [6.07, 6.45) is 0. The second-order valence-corrected chi connectivity index (χ2v) is 4.76. The van der Waals surface area contributed by atoms with Crippen LogP contribution in [0.1, 0.15) is 12.5 Å². The standard InChI is InChI=1S/C14H21FN2O2/c1-10(14(18)16(2)3)17(4)9-11-7-6-8-12(19-5)13(11)15/h6-8,10H,9H2,1-5H3/t10-/m0/s1. The average Bonchev–Trinajstić information content (AvgIpc) is 2.39. The molecule has 0 unspecified atom stereocenters. The zero-order valence-electron chi connectivity index (χ0n) is 12.1. The predicted molar refractivity (Wildman–Crippen MR) is 72.6 cm³/mol. The number of rotatable bonds is 5. The molecule has 0 N–H and O–H groups in total. The molecule has 1 aromatic rings. The van der Waals surface area contributed by atoms with Crippen LogP contribution in [0.3, 0.4) is 0 Å². The van der Waals surface area contributed by atoms with Crippen molar-refractivity contribution in [3.05, 3.63) is 29.6 Å². The van der Waals surface area contributed by atoms with Crippen LogP contribution in [0.5, 0.6) is 5.75 Å². The first kappa shape index (κ1) is 15.4. The van der Waals surface area contributed by atoms with Crippen LogP contribution in [-0.4, -0.2) is 50.0 Å². The van der Waals surface area contributed by atoms with Crippen molar-refractivity contribution in [2.45, 2.75) is 19.5 Å². The SMILES string of the molecule is COc1cccc(CN(C)[C@@H](C)C(=O)N(C)C)c1F. The van der Waals surface area contributed by atoms with Crippen molar-refractivity contribution in [1.82, 2.24) is 9.80 Å². The normalized spacial score (nSPS) is 12.4. The summed E-state index contributed by atoms with van der Waals surface area (Å²) in [4.78, 5) is 15.2. The molecule has 0 aliphatic carbocycles. The van der Waals surface area contributed by atoms with Crippen LogP contribution in [0.15, 0.2) is 18.2 Å². The highest BCUT2D eigenvalue weighted by Crippen LogP contribution is 2.21. The molecule has 1 rings (SSSR count). The number of carbonyl (C=O) groups excluding carboxylic acids is 1. The van der Waals surface area contributed by atoms with Crippen LogP contribution in [-0.2, 0) is 11.3 Å². The maximum Gasteiger partial charge on any atom is 0.239 e. The molecule has 4 nitrogen and oxygen atoms in total. The summed E-state index contributed by atoms with van der Waals surface area (Å²) in [5.41, 5.74) is 0.514. The Kier molecular flexibility index (Phi) is 5.30. The highest BCUT2D eigenvalue weighted by molar-refractivity contribution is 5.80. The minimum Gasteiger partial charge on any atom is -0.494 e. The lowest BCUT2D eigenvalue weighted by atomic mass is 10.1. The van der Waals surface area contributed by atoms with Gasteiger partial charge in [0.25, 0.3) is 0 Å². The molecule has 0 heterocycles. The quantitative estimate of drug-likeness (QED) is 0.815. The van der Waals surface area contributed by atoms with Crippen molar-refractivity contribution in [3.63, 3.8) is 0 Å². The topological polar surface area (TPSA) is 32.8 Å². The molecule has 0 aliphatic rings. The van der Waals surface area contributed by atoms with E-state index in [1.807, 2.05) is 0 Å². The van der Waals surface area contributed by atoms with Crippen molar-refractivity contribution in [2.24, 2.45) is 0 Å². The summed E-state index contributed by atoms with van der Waals surface area (Å²) in [7, 11) is 6.65. The van der Waals surface area contributed by atoms with E-state index >= 15 is 0 Å². The number of likely N-dealkylation sites (N-methyl/N-ethyl adjacent to an activating group) is 2. The third kappa shape index (κ3) is 3.67. The maximum atomic E-state index is 14.0. The van der Waals surface area contributed by atoms with E-state index in [-0.39, 0.29) is 23.5 Å². The van der Waals surface area contributed by atoms with E-state index < -0.39 is 0 Å². The maximum absolute atomic E-state index is 14.0. The van der Waals surface area contributed by atoms with Gasteiger partial charge in [-0.3, -0.25) is 9.69 Å². The Balaban J connectivity index is 2.82. The minimum atomic E-state index is -0.374. The van der Waals surface area contributed by atoms with Crippen LogP contribution in [0.2, 0.25) is 0 Å². The molecule has 5 heteroatoms. The van der Waals surface area contributed by atoms with Gasteiger partial charge in [-0.05, 0) is 20.0 Å². The second-order valence-electron chi connectivity index (χ2n) is 4.76. The zero-order valence-corrected chi connectivity index (χ0v) is 12.1. The van der Waals surface area contributed by atoms with Crippen LogP contribution in [0, 0.1) is 5.82 Å². The molecule has 0 bridgehead atoms. The fourth-order valence-corrected chi connectivity index (χ4v) is 1.80. The number of ether oxygens (including phenoxy) is 1. The van der Waals surface area contributed by atoms with Gasteiger partial charge in [0, 0.05) is 26.2 Å². The fraction of sp³-hybridized carbons (Fsp3) is 0.500. The molecule has 0 aliphatic heterocycles. The molecule has 19 heavy (non-hydrogen) atoms. The average molecular weight is 268 g/mol. The fourth-order valence-electron chi connectivity index (χ4n) is 1.80. The van der Waals surface area contributed by atoms with Crippen LogP contribution in [0.4, 0.5) is 4.39 Å². The summed E-state index contributed by atoms with van der Waals surface area (Å²) in [5.74, 6) is -0.162. The predicted octanol–water partition coefficient (Wildman–Crippen LogP) is 1.74. The van der Waals surface area contributed by atoms with E-state index in [4.69, 9.17) is 4.74 Å². The van der Waals surface area contributed by atoms with E-state index in [0.29, 0.717) is 12.1 Å². The van der Waals surface area contributed by atoms with Gasteiger partial charge in [-0.1, -0.05) is 12.1 Å². The summed E-state index contributed by atoms with van der Waals surface area (Å²) in [6.45, 7) is 2.16. The highest BCUT2D eigenvalue weighted by Gasteiger charge is 2.21. The number of methoxy groups -OCH3 is 1. The molecule has 1 amide bonds. The smallest absolute Gasteiger partial charge is 0.239 e. The Morgan fingerprint density at radius 3 is 2.53 bits per heavy atom. The molecule has 0 saturated carbocycles. The van der Waals surface area contributed by atoms with Gasteiger partial charge in [-0.15, -0.1) is 0 Å². The van der Waals surface area contributed by atoms with Crippen molar-refractivity contribution in [2.75, 3.05) is 28.3 Å². The minimum absolute atomic E-state index is 0.00851. The van der Waals surface area contributed by atoms with Gasteiger partial charge in [-0.25, -0.2) is 4.39 Å². The van der Waals surface area contributed by atoms with E-state index in [1.165, 1.54) is 12.0 Å². The lowest BCUT2D eigenvalue weighted by Crippen LogP contribution is -2.42. The molecule has 0 spiro atoms. The highest BCUT2D eigenvalue weighted by atomic mass is 19.1. The van der Waals surface area contributed by atoms with Crippen molar-refractivity contribution in [1.29, 1.82) is 0 Å². The number of carbonyl (C=O) groups is 1. The van der Waals surface area contributed by atoms with E-state index in [0.717, 1.165) is 0 Å². The van der Waals surface area contributed by atoms with E-state index in [2.05, 4.69) is 0 Å².